The van der Waals surface area contributed by atoms with Crippen molar-refractivity contribution >= 4 is 22.6 Å². The lowest BCUT2D eigenvalue weighted by Gasteiger charge is -2.37. The van der Waals surface area contributed by atoms with Gasteiger partial charge >= 0.3 is 0 Å². The highest BCUT2D eigenvalue weighted by molar-refractivity contribution is 6.03. The van der Waals surface area contributed by atoms with Crippen molar-refractivity contribution in [1.29, 1.82) is 0 Å². The maximum Gasteiger partial charge on any atom is 0.253 e. The Morgan fingerprint density at radius 1 is 1.02 bits per heavy atom. The molecule has 0 aliphatic carbocycles. The summed E-state index contributed by atoms with van der Waals surface area (Å²) in [6.45, 7) is 16.7. The number of aryl methyl sites for hydroxylation is 2. The summed E-state index contributed by atoms with van der Waals surface area (Å²) in [5, 5.41) is 8.63. The van der Waals surface area contributed by atoms with Crippen molar-refractivity contribution in [3.05, 3.63) is 75.5 Å². The van der Waals surface area contributed by atoms with Gasteiger partial charge < -0.3 is 15.2 Å². The monoisotopic (exact) mass is 569 g/mol. The van der Waals surface area contributed by atoms with Crippen LogP contribution in [0.25, 0.3) is 22.0 Å². The van der Waals surface area contributed by atoms with E-state index in [4.69, 9.17) is 4.98 Å². The highest BCUT2D eigenvalue weighted by Crippen LogP contribution is 2.32. The Hall–Kier alpha value is -3.98. The van der Waals surface area contributed by atoms with Gasteiger partial charge in [-0.2, -0.15) is 5.10 Å². The molecule has 42 heavy (non-hydrogen) atoms. The van der Waals surface area contributed by atoms with Crippen LogP contribution in [0.5, 0.6) is 0 Å². The first kappa shape index (κ1) is 29.5. The minimum Gasteiger partial charge on any atom is -0.354 e. The summed E-state index contributed by atoms with van der Waals surface area (Å²) in [6.07, 6.45) is 5.48. The van der Waals surface area contributed by atoms with Crippen LogP contribution in [-0.4, -0.2) is 62.8 Å². The molecule has 4 aromatic rings. The minimum absolute atomic E-state index is 0.126. The lowest BCUT2D eigenvalue weighted by atomic mass is 9.99. The smallest absolute Gasteiger partial charge is 0.253 e. The predicted octanol–water partition coefficient (Wildman–Crippen LogP) is 5.09. The van der Waals surface area contributed by atoms with Crippen LogP contribution in [-0.2, 0) is 13.0 Å². The molecule has 0 bridgehead atoms. The third-order valence-corrected chi connectivity index (χ3v) is 8.20. The maximum absolute atomic E-state index is 13.6. The molecule has 222 valence electrons. The Bertz CT molecular complexity index is 1610. The number of fused-ring (bicyclic) bond motifs is 1. The summed E-state index contributed by atoms with van der Waals surface area (Å²) in [6, 6.07) is 10.6. The number of nitrogens with one attached hydrogen (secondary N) is 2. The zero-order chi connectivity index (χ0) is 30.0. The van der Waals surface area contributed by atoms with Gasteiger partial charge in [-0.25, -0.2) is 4.98 Å². The van der Waals surface area contributed by atoms with Crippen LogP contribution >= 0.6 is 0 Å². The zero-order valence-corrected chi connectivity index (χ0v) is 25.7. The van der Waals surface area contributed by atoms with E-state index in [0.29, 0.717) is 17.2 Å². The first-order chi connectivity index (χ1) is 20.2. The molecule has 2 N–H and O–H groups in total. The van der Waals surface area contributed by atoms with Gasteiger partial charge in [0.2, 0.25) is 0 Å². The fraction of sp³-hybridized carbons (Fsp3) is 0.455. The van der Waals surface area contributed by atoms with Crippen LogP contribution in [0.15, 0.2) is 47.5 Å². The maximum atomic E-state index is 13.6. The van der Waals surface area contributed by atoms with Gasteiger partial charge in [-0.3, -0.25) is 19.2 Å². The average molecular weight is 570 g/mol. The second-order valence-corrected chi connectivity index (χ2v) is 11.9. The van der Waals surface area contributed by atoms with Crippen LogP contribution in [0.3, 0.4) is 0 Å². The number of anilines is 1. The molecule has 0 radical (unpaired) electrons. The zero-order valence-electron chi connectivity index (χ0n) is 25.7. The number of carbonyl (C=O) groups excluding carboxylic acids is 1. The molecule has 5 rings (SSSR count). The molecule has 1 aliphatic rings. The summed E-state index contributed by atoms with van der Waals surface area (Å²) in [7, 11) is 0. The molecule has 1 fully saturated rings. The fourth-order valence-electron chi connectivity index (χ4n) is 5.87. The van der Waals surface area contributed by atoms with Crippen LogP contribution < -0.4 is 15.8 Å². The van der Waals surface area contributed by atoms with Crippen molar-refractivity contribution in [2.75, 3.05) is 31.1 Å². The van der Waals surface area contributed by atoms with Crippen LogP contribution in [0.2, 0.25) is 0 Å². The number of aromatic amines is 1. The molecule has 3 aromatic heterocycles. The number of nitrogens with zero attached hydrogens (tertiary/aromatic N) is 5. The van der Waals surface area contributed by atoms with E-state index in [1.54, 1.807) is 0 Å². The molecule has 9 heteroatoms. The molecule has 1 aromatic carbocycles. The van der Waals surface area contributed by atoms with Gasteiger partial charge in [0.15, 0.2) is 0 Å². The lowest BCUT2D eigenvalue weighted by molar-refractivity contribution is 0.0951. The quantitative estimate of drug-likeness (QED) is 0.291. The molecule has 1 amide bonds. The van der Waals surface area contributed by atoms with Gasteiger partial charge in [-0.15, -0.1) is 0 Å². The van der Waals surface area contributed by atoms with Gasteiger partial charge in [-0.05, 0) is 82.5 Å². The van der Waals surface area contributed by atoms with Crippen molar-refractivity contribution in [3.8, 4) is 11.1 Å². The standard InChI is InChI=1S/C33H43N7O2/c1-7-8-24-15-23(6)37-33(42)28(24)19-35-32(41)26-16-27(29-20-36-40(22(4)5)30(29)17-26)25-9-10-31(34-18-25)39-13-11-38(12-14-39)21(2)3/h9-10,15-18,20-22H,7-8,11-14,19H2,1-6H3,(H,35,41)(H,37,42). The second-order valence-electron chi connectivity index (χ2n) is 11.9. The van der Waals surface area contributed by atoms with E-state index in [0.717, 1.165) is 78.1 Å². The number of hydrogen-bond donors (Lipinski definition) is 2. The highest BCUT2D eigenvalue weighted by Gasteiger charge is 2.21. The SMILES string of the molecule is CCCc1cc(C)[nH]c(=O)c1CNC(=O)c1cc(-c2ccc(N3CCN(C(C)C)CC3)nc2)c2cnn(C(C)C)c2c1. The van der Waals surface area contributed by atoms with Crippen LogP contribution in [0, 0.1) is 6.92 Å². The van der Waals surface area contributed by atoms with E-state index in [2.05, 4.69) is 72.0 Å². The van der Waals surface area contributed by atoms with Crippen LogP contribution in [0.1, 0.15) is 74.3 Å². The third-order valence-electron chi connectivity index (χ3n) is 8.20. The number of piperazine rings is 1. The van der Waals surface area contributed by atoms with Crippen molar-refractivity contribution in [3.63, 3.8) is 0 Å². The summed E-state index contributed by atoms with van der Waals surface area (Å²) in [5.74, 6) is 0.737. The summed E-state index contributed by atoms with van der Waals surface area (Å²) < 4.78 is 1.94. The Balaban J connectivity index is 1.44. The summed E-state index contributed by atoms with van der Waals surface area (Å²) >= 11 is 0. The molecule has 1 aliphatic heterocycles. The number of rotatable bonds is 9. The normalized spacial score (nSPS) is 14.3. The first-order valence-corrected chi connectivity index (χ1v) is 15.1. The Morgan fingerprint density at radius 2 is 1.79 bits per heavy atom. The van der Waals surface area contributed by atoms with Gasteiger partial charge in [0.05, 0.1) is 11.7 Å². The number of pyridine rings is 2. The lowest BCUT2D eigenvalue weighted by Crippen LogP contribution is -2.49. The van der Waals surface area contributed by atoms with Gasteiger partial charge in [-0.1, -0.05) is 13.3 Å². The Morgan fingerprint density at radius 3 is 2.43 bits per heavy atom. The second kappa shape index (κ2) is 12.5. The number of benzene rings is 1. The van der Waals surface area contributed by atoms with E-state index in [9.17, 15) is 9.59 Å². The highest BCUT2D eigenvalue weighted by atomic mass is 16.1. The average Bonchev–Trinajstić information content (AvgIpc) is 3.41. The van der Waals surface area contributed by atoms with E-state index in [1.165, 1.54) is 0 Å². The molecular formula is C33H43N7O2. The molecule has 0 saturated carbocycles. The van der Waals surface area contributed by atoms with Crippen molar-refractivity contribution in [1.82, 2.24) is 30.0 Å². The summed E-state index contributed by atoms with van der Waals surface area (Å²) in [4.78, 5) is 38.8. The van der Waals surface area contributed by atoms with E-state index in [-0.39, 0.29) is 24.1 Å². The van der Waals surface area contributed by atoms with Gasteiger partial charge in [0.25, 0.3) is 11.5 Å². The molecule has 0 unspecified atom stereocenters. The van der Waals surface area contributed by atoms with Crippen molar-refractivity contribution in [2.45, 2.75) is 73.0 Å². The minimum atomic E-state index is -0.232. The van der Waals surface area contributed by atoms with Crippen LogP contribution in [0.4, 0.5) is 5.82 Å². The fourth-order valence-corrected chi connectivity index (χ4v) is 5.87. The molecule has 0 atom stereocenters. The van der Waals surface area contributed by atoms with E-state index < -0.39 is 0 Å². The van der Waals surface area contributed by atoms with Crippen molar-refractivity contribution < 1.29 is 4.79 Å². The molecular weight excluding hydrogens is 526 g/mol. The van der Waals surface area contributed by atoms with E-state index >= 15 is 0 Å². The third kappa shape index (κ3) is 6.11. The number of amides is 1. The number of aromatic nitrogens is 4. The molecule has 9 nitrogen and oxygen atoms in total. The Labute approximate surface area is 247 Å². The predicted molar refractivity (Wildman–Crippen MR) is 169 cm³/mol. The molecule has 1 saturated heterocycles. The van der Waals surface area contributed by atoms with E-state index in [1.807, 2.05) is 42.2 Å². The van der Waals surface area contributed by atoms with Gasteiger partial charge in [0.1, 0.15) is 5.82 Å². The largest absolute Gasteiger partial charge is 0.354 e. The van der Waals surface area contributed by atoms with Crippen molar-refractivity contribution in [2.24, 2.45) is 0 Å². The van der Waals surface area contributed by atoms with Gasteiger partial charge in [0, 0.05) is 78.8 Å². The number of H-pyrrole nitrogens is 1. The number of hydrogen-bond acceptors (Lipinski definition) is 6. The number of carbonyl (C=O) groups is 1. The molecule has 0 spiro atoms. The summed E-state index contributed by atoms with van der Waals surface area (Å²) in [5.41, 5.74) is 5.52. The first-order valence-electron chi connectivity index (χ1n) is 15.1. The molecule has 4 heterocycles. The topological polar surface area (TPSA) is 99.2 Å². The Kier molecular flexibility index (Phi) is 8.77.